The van der Waals surface area contributed by atoms with Gasteiger partial charge in [0, 0.05) is 15.3 Å². The van der Waals surface area contributed by atoms with E-state index < -0.39 is 15.9 Å². The summed E-state index contributed by atoms with van der Waals surface area (Å²) in [4.78, 5) is 12.2. The average Bonchev–Trinajstić information content (AvgIpc) is 2.54. The smallest absolute Gasteiger partial charge is 0.245 e. The quantitative estimate of drug-likeness (QED) is 0.673. The largest absolute Gasteiger partial charge is 0.497 e. The van der Waals surface area contributed by atoms with Crippen molar-refractivity contribution in [1.82, 2.24) is 0 Å². The van der Waals surface area contributed by atoms with E-state index in [4.69, 9.17) is 4.74 Å². The highest BCUT2D eigenvalue weighted by molar-refractivity contribution is 14.1. The molecule has 0 atom stereocenters. The summed E-state index contributed by atoms with van der Waals surface area (Å²) >= 11 is 2.16. The van der Waals surface area contributed by atoms with Crippen LogP contribution in [0.3, 0.4) is 0 Å². The third-order valence-corrected chi connectivity index (χ3v) is 5.02. The fraction of sp³-hybridized carbons (Fsp3) is 0.188. The van der Waals surface area contributed by atoms with Crippen LogP contribution in [0.4, 0.5) is 11.4 Å². The molecule has 8 heteroatoms. The van der Waals surface area contributed by atoms with Gasteiger partial charge in [-0.05, 0) is 59.0 Å². The van der Waals surface area contributed by atoms with Crippen LogP contribution < -0.4 is 14.4 Å². The van der Waals surface area contributed by atoms with Gasteiger partial charge < -0.3 is 10.1 Å². The molecule has 1 N–H and O–H groups in total. The molecule has 0 unspecified atom stereocenters. The van der Waals surface area contributed by atoms with Gasteiger partial charge in [-0.15, -0.1) is 0 Å². The number of hydrogen-bond acceptors (Lipinski definition) is 4. The summed E-state index contributed by atoms with van der Waals surface area (Å²) in [5.74, 6) is 0.0867. The second kappa shape index (κ2) is 7.84. The van der Waals surface area contributed by atoms with Crippen molar-refractivity contribution >= 4 is 49.9 Å². The molecule has 0 aliphatic carbocycles. The lowest BCUT2D eigenvalue weighted by molar-refractivity contribution is -0.114. The minimum atomic E-state index is -3.62. The first-order chi connectivity index (χ1) is 11.3. The second-order valence-electron chi connectivity index (χ2n) is 5.03. The normalized spacial score (nSPS) is 11.0. The Morgan fingerprint density at radius 3 is 2.46 bits per heavy atom. The fourth-order valence-electron chi connectivity index (χ4n) is 2.03. The minimum absolute atomic E-state index is 0.321. The zero-order valence-corrected chi connectivity index (χ0v) is 16.2. The number of nitrogens with one attached hydrogen (secondary N) is 1. The van der Waals surface area contributed by atoms with Crippen LogP contribution in [0, 0.1) is 3.57 Å². The Labute approximate surface area is 155 Å². The van der Waals surface area contributed by atoms with Gasteiger partial charge >= 0.3 is 0 Å². The van der Waals surface area contributed by atoms with Crippen molar-refractivity contribution in [3.8, 4) is 5.75 Å². The summed E-state index contributed by atoms with van der Waals surface area (Å²) in [7, 11) is -2.13. The van der Waals surface area contributed by atoms with E-state index in [0.717, 1.165) is 14.1 Å². The molecule has 2 aromatic rings. The zero-order valence-electron chi connectivity index (χ0n) is 13.2. The highest BCUT2D eigenvalue weighted by Crippen LogP contribution is 2.23. The number of halogens is 1. The van der Waals surface area contributed by atoms with Crippen LogP contribution in [0.2, 0.25) is 0 Å². The molecule has 0 saturated heterocycles. The van der Waals surface area contributed by atoms with Crippen LogP contribution in [-0.4, -0.2) is 34.2 Å². The highest BCUT2D eigenvalue weighted by Gasteiger charge is 2.21. The molecule has 0 aliphatic heterocycles. The number of carbonyl (C=O) groups is 1. The predicted octanol–water partition coefficient (Wildman–Crippen LogP) is 2.70. The van der Waals surface area contributed by atoms with Crippen LogP contribution in [0.15, 0.2) is 48.5 Å². The lowest BCUT2D eigenvalue weighted by Gasteiger charge is -2.22. The van der Waals surface area contributed by atoms with Gasteiger partial charge in [-0.25, -0.2) is 8.42 Å². The number of carbonyl (C=O) groups excluding carboxylic acids is 1. The Morgan fingerprint density at radius 1 is 1.21 bits per heavy atom. The van der Waals surface area contributed by atoms with Crippen molar-refractivity contribution in [1.29, 1.82) is 0 Å². The van der Waals surface area contributed by atoms with E-state index >= 15 is 0 Å². The Balaban J connectivity index is 2.20. The molecular weight excluding hydrogens is 443 g/mol. The van der Waals surface area contributed by atoms with Crippen molar-refractivity contribution in [3.05, 3.63) is 52.1 Å². The molecule has 0 aliphatic rings. The van der Waals surface area contributed by atoms with Crippen molar-refractivity contribution in [2.45, 2.75) is 0 Å². The van der Waals surface area contributed by atoms with E-state index in [-0.39, 0.29) is 6.54 Å². The van der Waals surface area contributed by atoms with Crippen LogP contribution in [0.5, 0.6) is 5.75 Å². The number of hydrogen-bond donors (Lipinski definition) is 1. The van der Waals surface area contributed by atoms with Gasteiger partial charge in [-0.2, -0.15) is 0 Å². The van der Waals surface area contributed by atoms with Crippen molar-refractivity contribution in [2.75, 3.05) is 29.5 Å². The third-order valence-electron chi connectivity index (χ3n) is 3.16. The van der Waals surface area contributed by atoms with Crippen LogP contribution >= 0.6 is 22.6 Å². The molecule has 0 heterocycles. The molecule has 0 bridgehead atoms. The maximum Gasteiger partial charge on any atom is 0.245 e. The second-order valence-corrected chi connectivity index (χ2v) is 8.18. The summed E-state index contributed by atoms with van der Waals surface area (Å²) in [5.41, 5.74) is 0.981. The first-order valence-corrected chi connectivity index (χ1v) is 9.89. The Kier molecular flexibility index (Phi) is 6.05. The molecule has 0 spiro atoms. The average molecular weight is 460 g/mol. The van der Waals surface area contributed by atoms with Crippen molar-refractivity contribution in [2.24, 2.45) is 0 Å². The van der Waals surface area contributed by atoms with Crippen LogP contribution in [-0.2, 0) is 14.8 Å². The van der Waals surface area contributed by atoms with Gasteiger partial charge in [0.15, 0.2) is 0 Å². The summed E-state index contributed by atoms with van der Waals surface area (Å²) in [6, 6.07) is 13.8. The van der Waals surface area contributed by atoms with Gasteiger partial charge in [0.2, 0.25) is 15.9 Å². The fourth-order valence-corrected chi connectivity index (χ4v) is 3.24. The number of rotatable bonds is 6. The number of anilines is 2. The lowest BCUT2D eigenvalue weighted by atomic mass is 10.3. The van der Waals surface area contributed by atoms with E-state index in [1.807, 2.05) is 12.1 Å². The number of nitrogens with zero attached hydrogens (tertiary/aromatic N) is 1. The monoisotopic (exact) mass is 460 g/mol. The summed E-state index contributed by atoms with van der Waals surface area (Å²) in [6.07, 6.45) is 1.06. The standard InChI is InChI=1S/C16H17IN2O4S/c1-23-15-5-3-4-14(10-15)19(24(2,21)22)11-16(20)18-13-8-6-12(17)7-9-13/h3-10H,11H2,1-2H3,(H,18,20). The molecule has 0 radical (unpaired) electrons. The molecule has 2 aromatic carbocycles. The van der Waals surface area contributed by atoms with Gasteiger partial charge in [0.05, 0.1) is 19.1 Å². The SMILES string of the molecule is COc1cccc(N(CC(=O)Nc2ccc(I)cc2)S(C)(=O)=O)c1. The Hall–Kier alpha value is -1.81. The summed E-state index contributed by atoms with van der Waals surface area (Å²) in [6.45, 7) is -0.321. The van der Waals surface area contributed by atoms with E-state index in [2.05, 4.69) is 27.9 Å². The van der Waals surface area contributed by atoms with Gasteiger partial charge in [-0.3, -0.25) is 9.10 Å². The van der Waals surface area contributed by atoms with Crippen LogP contribution in [0.1, 0.15) is 0 Å². The van der Waals surface area contributed by atoms with E-state index in [0.29, 0.717) is 17.1 Å². The summed E-state index contributed by atoms with van der Waals surface area (Å²) in [5, 5.41) is 2.69. The molecule has 0 saturated carbocycles. The molecular formula is C16H17IN2O4S. The zero-order chi connectivity index (χ0) is 17.7. The Morgan fingerprint density at radius 2 is 1.88 bits per heavy atom. The lowest BCUT2D eigenvalue weighted by Crippen LogP contribution is -2.37. The minimum Gasteiger partial charge on any atom is -0.497 e. The van der Waals surface area contributed by atoms with Gasteiger partial charge in [0.25, 0.3) is 0 Å². The van der Waals surface area contributed by atoms with Gasteiger partial charge in [-0.1, -0.05) is 6.07 Å². The molecule has 0 fully saturated rings. The maximum atomic E-state index is 12.2. The molecule has 128 valence electrons. The van der Waals surface area contributed by atoms with E-state index in [9.17, 15) is 13.2 Å². The summed E-state index contributed by atoms with van der Waals surface area (Å²) < 4.78 is 31.3. The topological polar surface area (TPSA) is 75.7 Å². The van der Waals surface area contributed by atoms with E-state index in [1.165, 1.54) is 7.11 Å². The number of amides is 1. The molecule has 0 aromatic heterocycles. The molecule has 6 nitrogen and oxygen atoms in total. The van der Waals surface area contributed by atoms with Gasteiger partial charge in [0.1, 0.15) is 12.3 Å². The number of benzene rings is 2. The molecule has 1 amide bonds. The first-order valence-electron chi connectivity index (χ1n) is 6.97. The number of methoxy groups -OCH3 is 1. The van der Waals surface area contributed by atoms with Crippen LogP contribution in [0.25, 0.3) is 0 Å². The maximum absolute atomic E-state index is 12.2. The number of sulfonamides is 1. The highest BCUT2D eigenvalue weighted by atomic mass is 127. The Bertz CT molecular complexity index is 822. The first kappa shape index (κ1) is 18.5. The number of ether oxygens (including phenoxy) is 1. The molecule has 24 heavy (non-hydrogen) atoms. The van der Waals surface area contributed by atoms with E-state index in [1.54, 1.807) is 36.4 Å². The third kappa shape index (κ3) is 5.10. The van der Waals surface area contributed by atoms with Crippen molar-refractivity contribution in [3.63, 3.8) is 0 Å². The van der Waals surface area contributed by atoms with Crippen molar-refractivity contribution < 1.29 is 17.9 Å². The molecule has 2 rings (SSSR count). The predicted molar refractivity (Wildman–Crippen MR) is 103 cm³/mol.